The van der Waals surface area contributed by atoms with E-state index in [0.29, 0.717) is 5.92 Å². The number of rotatable bonds is 3. The molecule has 1 fully saturated rings. The van der Waals surface area contributed by atoms with Gasteiger partial charge in [-0.15, -0.1) is 0 Å². The number of piperidine rings is 1. The smallest absolute Gasteiger partial charge is 0.0953 e. The topological polar surface area (TPSA) is 29.9 Å². The Labute approximate surface area is 125 Å². The first-order chi connectivity index (χ1) is 9.77. The van der Waals surface area contributed by atoms with E-state index in [1.165, 1.54) is 18.5 Å². The van der Waals surface area contributed by atoms with Crippen LogP contribution in [0, 0.1) is 0 Å². The molecule has 20 heavy (non-hydrogen) atoms. The Morgan fingerprint density at radius 2 is 2.05 bits per heavy atom. The molecule has 106 valence electrons. The van der Waals surface area contributed by atoms with Crippen LogP contribution in [0.4, 0.5) is 0 Å². The molecule has 0 saturated carbocycles. The largest absolute Gasteiger partial charge is 0.327 e. The lowest BCUT2D eigenvalue weighted by Gasteiger charge is -2.26. The number of hydrogen-bond donors (Lipinski definition) is 1. The first-order valence-corrected chi connectivity index (χ1v) is 7.62. The standard InChI is InChI=1S/C16H20ClN3/c1-12(14-4-2-3-5-15(14)17)20-11-19-10-16(20)13-6-8-18-9-7-13/h2-5,10-13,18H,6-9H2,1H3. The van der Waals surface area contributed by atoms with E-state index < -0.39 is 0 Å². The third-order valence-corrected chi connectivity index (χ3v) is 4.57. The van der Waals surface area contributed by atoms with Crippen LogP contribution in [-0.2, 0) is 0 Å². The summed E-state index contributed by atoms with van der Waals surface area (Å²) in [6.45, 7) is 4.38. The van der Waals surface area contributed by atoms with E-state index in [0.717, 1.165) is 23.7 Å². The second kappa shape index (κ2) is 5.98. The van der Waals surface area contributed by atoms with Crippen LogP contribution in [0.25, 0.3) is 0 Å². The Morgan fingerprint density at radius 3 is 2.80 bits per heavy atom. The third-order valence-electron chi connectivity index (χ3n) is 4.23. The molecule has 1 aromatic carbocycles. The summed E-state index contributed by atoms with van der Waals surface area (Å²) >= 11 is 6.33. The van der Waals surface area contributed by atoms with Gasteiger partial charge in [-0.1, -0.05) is 29.8 Å². The van der Waals surface area contributed by atoms with Crippen LogP contribution in [0.15, 0.2) is 36.8 Å². The maximum absolute atomic E-state index is 6.33. The molecule has 4 heteroatoms. The van der Waals surface area contributed by atoms with Crippen LogP contribution in [0.5, 0.6) is 0 Å². The molecule has 0 spiro atoms. The molecule has 1 saturated heterocycles. The lowest BCUT2D eigenvalue weighted by Crippen LogP contribution is -2.28. The van der Waals surface area contributed by atoms with Gasteiger partial charge in [0.25, 0.3) is 0 Å². The fourth-order valence-electron chi connectivity index (χ4n) is 3.04. The molecule has 2 aromatic rings. The number of imidazole rings is 1. The number of halogens is 1. The minimum Gasteiger partial charge on any atom is -0.327 e. The van der Waals surface area contributed by atoms with Crippen LogP contribution in [0.2, 0.25) is 5.02 Å². The van der Waals surface area contributed by atoms with Crippen LogP contribution in [-0.4, -0.2) is 22.6 Å². The average molecular weight is 290 g/mol. The highest BCUT2D eigenvalue weighted by molar-refractivity contribution is 6.31. The van der Waals surface area contributed by atoms with Crippen molar-refractivity contribution in [2.75, 3.05) is 13.1 Å². The first kappa shape index (κ1) is 13.7. The van der Waals surface area contributed by atoms with Gasteiger partial charge in [0.1, 0.15) is 0 Å². The van der Waals surface area contributed by atoms with Gasteiger partial charge in [-0.2, -0.15) is 0 Å². The van der Waals surface area contributed by atoms with Crippen LogP contribution in [0.3, 0.4) is 0 Å². The van der Waals surface area contributed by atoms with Crippen LogP contribution in [0.1, 0.15) is 43.0 Å². The van der Waals surface area contributed by atoms with Crippen molar-refractivity contribution in [1.82, 2.24) is 14.9 Å². The molecule has 1 atom stereocenters. The first-order valence-electron chi connectivity index (χ1n) is 7.24. The minimum absolute atomic E-state index is 0.219. The highest BCUT2D eigenvalue weighted by Crippen LogP contribution is 2.31. The fourth-order valence-corrected chi connectivity index (χ4v) is 3.33. The van der Waals surface area contributed by atoms with Crippen molar-refractivity contribution in [2.24, 2.45) is 0 Å². The van der Waals surface area contributed by atoms with Crippen molar-refractivity contribution in [1.29, 1.82) is 0 Å². The predicted molar refractivity (Wildman–Crippen MR) is 82.3 cm³/mol. The lowest BCUT2D eigenvalue weighted by molar-refractivity contribution is 0.433. The van der Waals surface area contributed by atoms with Crippen LogP contribution >= 0.6 is 11.6 Å². The van der Waals surface area contributed by atoms with E-state index in [-0.39, 0.29) is 6.04 Å². The molecule has 0 bridgehead atoms. The van der Waals surface area contributed by atoms with Gasteiger partial charge < -0.3 is 9.88 Å². The van der Waals surface area contributed by atoms with Crippen molar-refractivity contribution in [2.45, 2.75) is 31.7 Å². The van der Waals surface area contributed by atoms with Gasteiger partial charge in [0.15, 0.2) is 0 Å². The van der Waals surface area contributed by atoms with E-state index in [4.69, 9.17) is 11.6 Å². The Hall–Kier alpha value is -1.32. The van der Waals surface area contributed by atoms with E-state index in [1.807, 2.05) is 30.7 Å². The number of hydrogen-bond acceptors (Lipinski definition) is 2. The van der Waals surface area contributed by atoms with E-state index in [9.17, 15) is 0 Å². The zero-order valence-corrected chi connectivity index (χ0v) is 12.5. The zero-order valence-electron chi connectivity index (χ0n) is 11.7. The highest BCUT2D eigenvalue weighted by atomic mass is 35.5. The van der Waals surface area contributed by atoms with E-state index in [1.54, 1.807) is 0 Å². The summed E-state index contributed by atoms with van der Waals surface area (Å²) in [6.07, 6.45) is 6.32. The number of benzene rings is 1. The number of nitrogens with zero attached hydrogens (tertiary/aromatic N) is 2. The van der Waals surface area contributed by atoms with Crippen molar-refractivity contribution >= 4 is 11.6 Å². The molecule has 1 N–H and O–H groups in total. The molecule has 2 heterocycles. The molecular weight excluding hydrogens is 270 g/mol. The molecule has 1 aliphatic heterocycles. The summed E-state index contributed by atoms with van der Waals surface area (Å²) in [4.78, 5) is 4.37. The molecule has 0 amide bonds. The number of nitrogens with one attached hydrogen (secondary N) is 1. The summed E-state index contributed by atoms with van der Waals surface area (Å²) in [5, 5.41) is 4.24. The van der Waals surface area contributed by atoms with Crippen LogP contribution < -0.4 is 5.32 Å². The molecule has 1 aromatic heterocycles. The normalized spacial score (nSPS) is 18.1. The summed E-state index contributed by atoms with van der Waals surface area (Å²) in [5.74, 6) is 0.601. The third kappa shape index (κ3) is 2.60. The van der Waals surface area contributed by atoms with Gasteiger partial charge >= 0.3 is 0 Å². The van der Waals surface area contributed by atoms with Gasteiger partial charge in [-0.05, 0) is 44.5 Å². The molecule has 1 unspecified atom stereocenters. The summed E-state index contributed by atoms with van der Waals surface area (Å²) in [7, 11) is 0. The quantitative estimate of drug-likeness (QED) is 0.935. The SMILES string of the molecule is CC(c1ccccc1Cl)n1cncc1C1CCNCC1. The zero-order chi connectivity index (χ0) is 13.9. The Balaban J connectivity index is 1.91. The molecule has 3 rings (SSSR count). The number of aromatic nitrogens is 2. The Morgan fingerprint density at radius 1 is 1.30 bits per heavy atom. The maximum atomic E-state index is 6.33. The molecule has 3 nitrogen and oxygen atoms in total. The van der Waals surface area contributed by atoms with E-state index >= 15 is 0 Å². The van der Waals surface area contributed by atoms with Gasteiger partial charge in [-0.3, -0.25) is 0 Å². The van der Waals surface area contributed by atoms with Crippen molar-refractivity contribution < 1.29 is 0 Å². The van der Waals surface area contributed by atoms with Gasteiger partial charge in [-0.25, -0.2) is 4.98 Å². The van der Waals surface area contributed by atoms with Crippen molar-refractivity contribution in [3.05, 3.63) is 53.1 Å². The van der Waals surface area contributed by atoms with E-state index in [2.05, 4.69) is 27.9 Å². The molecule has 0 aliphatic carbocycles. The maximum Gasteiger partial charge on any atom is 0.0953 e. The van der Waals surface area contributed by atoms with Gasteiger partial charge in [0.05, 0.1) is 12.4 Å². The Kier molecular flexibility index (Phi) is 4.08. The highest BCUT2D eigenvalue weighted by Gasteiger charge is 2.22. The average Bonchev–Trinajstić information content (AvgIpc) is 2.97. The Bertz CT molecular complexity index is 573. The second-order valence-corrected chi connectivity index (χ2v) is 5.85. The monoisotopic (exact) mass is 289 g/mol. The fraction of sp³-hybridized carbons (Fsp3) is 0.438. The molecular formula is C16H20ClN3. The minimum atomic E-state index is 0.219. The lowest BCUT2D eigenvalue weighted by atomic mass is 9.94. The molecule has 1 aliphatic rings. The van der Waals surface area contributed by atoms with Gasteiger partial charge in [0.2, 0.25) is 0 Å². The second-order valence-electron chi connectivity index (χ2n) is 5.45. The van der Waals surface area contributed by atoms with Crippen molar-refractivity contribution in [3.63, 3.8) is 0 Å². The van der Waals surface area contributed by atoms with Crippen molar-refractivity contribution in [3.8, 4) is 0 Å². The predicted octanol–water partition coefficient (Wildman–Crippen LogP) is 3.61. The summed E-state index contributed by atoms with van der Waals surface area (Å²) < 4.78 is 2.28. The van der Waals surface area contributed by atoms with Gasteiger partial charge in [0, 0.05) is 22.8 Å². The summed E-state index contributed by atoms with van der Waals surface area (Å²) in [5.41, 5.74) is 2.49. The summed E-state index contributed by atoms with van der Waals surface area (Å²) in [6, 6.07) is 8.28. The molecule has 0 radical (unpaired) electrons.